The molecule has 0 unspecified atom stereocenters. The van der Waals surface area contributed by atoms with Crippen LogP contribution in [0.15, 0.2) is 87.7 Å². The van der Waals surface area contributed by atoms with Crippen molar-refractivity contribution in [1.29, 1.82) is 0 Å². The van der Waals surface area contributed by atoms with Gasteiger partial charge in [-0.2, -0.15) is 13.2 Å². The third-order valence-corrected chi connectivity index (χ3v) is 4.71. The molecule has 9 heteroatoms. The number of rotatable bonds is 6. The van der Waals surface area contributed by atoms with E-state index < -0.39 is 22.4 Å². The highest BCUT2D eigenvalue weighted by Gasteiger charge is 2.30. The van der Waals surface area contributed by atoms with Crippen LogP contribution in [0, 0.1) is 10.1 Å². The maximum atomic E-state index is 12.9. The first-order valence-electron chi connectivity index (χ1n) is 9.55. The third-order valence-electron chi connectivity index (χ3n) is 4.71. The van der Waals surface area contributed by atoms with Crippen molar-refractivity contribution in [2.45, 2.75) is 6.18 Å². The van der Waals surface area contributed by atoms with Crippen LogP contribution in [0.4, 0.5) is 18.9 Å². The summed E-state index contributed by atoms with van der Waals surface area (Å²) >= 11 is 0. The van der Waals surface area contributed by atoms with E-state index >= 15 is 0 Å². The lowest BCUT2D eigenvalue weighted by Crippen LogP contribution is -2.04. The van der Waals surface area contributed by atoms with Gasteiger partial charge in [-0.05, 0) is 60.7 Å². The molecule has 0 saturated carbocycles. The molecule has 0 atom stereocenters. The van der Waals surface area contributed by atoms with Crippen LogP contribution in [0.2, 0.25) is 0 Å². The number of hydrogen-bond donors (Lipinski definition) is 0. The summed E-state index contributed by atoms with van der Waals surface area (Å²) in [6, 6.07) is 16.5. The van der Waals surface area contributed by atoms with Crippen LogP contribution >= 0.6 is 0 Å². The number of nitrogens with zero attached hydrogens (tertiary/aromatic N) is 1. The van der Waals surface area contributed by atoms with Gasteiger partial charge in [0, 0.05) is 23.3 Å². The molecule has 0 aliphatic rings. The van der Waals surface area contributed by atoms with Gasteiger partial charge in [-0.25, -0.2) is 0 Å². The Morgan fingerprint density at radius 2 is 1.58 bits per heavy atom. The molecular weight excluding hydrogens is 439 g/mol. The Bertz CT molecular complexity index is 1350. The Hall–Kier alpha value is -4.40. The molecule has 4 rings (SSSR count). The highest BCUT2D eigenvalue weighted by molar-refractivity contribution is 6.05. The van der Waals surface area contributed by atoms with Crippen LogP contribution in [0.25, 0.3) is 28.7 Å². The van der Waals surface area contributed by atoms with Gasteiger partial charge in [0.25, 0.3) is 5.69 Å². The number of carbonyl (C=O) groups is 1. The zero-order valence-corrected chi connectivity index (χ0v) is 16.7. The summed E-state index contributed by atoms with van der Waals surface area (Å²) in [4.78, 5) is 22.6. The molecule has 0 spiro atoms. The van der Waals surface area contributed by atoms with E-state index in [2.05, 4.69) is 0 Å². The fourth-order valence-electron chi connectivity index (χ4n) is 3.06. The largest absolute Gasteiger partial charge is 0.457 e. The van der Waals surface area contributed by atoms with Crippen molar-refractivity contribution >= 4 is 17.5 Å². The van der Waals surface area contributed by atoms with Gasteiger partial charge in [0.2, 0.25) is 5.78 Å². The lowest BCUT2D eigenvalue weighted by molar-refractivity contribution is -0.384. The van der Waals surface area contributed by atoms with Crippen LogP contribution in [-0.2, 0) is 6.18 Å². The van der Waals surface area contributed by atoms with Gasteiger partial charge in [-0.15, -0.1) is 0 Å². The van der Waals surface area contributed by atoms with E-state index in [-0.39, 0.29) is 22.8 Å². The molecule has 6 nitrogen and oxygen atoms in total. The molecule has 0 aliphatic heterocycles. The second-order valence-electron chi connectivity index (χ2n) is 6.95. The lowest BCUT2D eigenvalue weighted by Gasteiger charge is -2.07. The second-order valence-corrected chi connectivity index (χ2v) is 6.95. The predicted octanol–water partition coefficient (Wildman–Crippen LogP) is 7.03. The maximum absolute atomic E-state index is 12.9. The van der Waals surface area contributed by atoms with Gasteiger partial charge in [0.1, 0.15) is 17.3 Å². The first kappa shape index (κ1) is 21.8. The quantitative estimate of drug-likeness (QED) is 0.135. The number of carbonyl (C=O) groups excluding carboxylic acids is 1. The van der Waals surface area contributed by atoms with E-state index in [4.69, 9.17) is 8.83 Å². The first-order valence-corrected chi connectivity index (χ1v) is 9.55. The maximum Gasteiger partial charge on any atom is 0.416 e. The van der Waals surface area contributed by atoms with Crippen molar-refractivity contribution < 1.29 is 31.7 Å². The number of non-ortho nitro benzene ring substituents is 1. The molecule has 0 saturated heterocycles. The average Bonchev–Trinajstić information content (AvgIpc) is 3.47. The summed E-state index contributed by atoms with van der Waals surface area (Å²) in [5.41, 5.74) is -0.0280. The number of hydrogen-bond acceptors (Lipinski definition) is 5. The van der Waals surface area contributed by atoms with Crippen LogP contribution in [0.3, 0.4) is 0 Å². The zero-order valence-electron chi connectivity index (χ0n) is 16.7. The fraction of sp³-hybridized carbons (Fsp3) is 0.0417. The molecule has 166 valence electrons. The summed E-state index contributed by atoms with van der Waals surface area (Å²) in [5.74, 6) is 0.418. The third kappa shape index (κ3) is 4.93. The number of benzene rings is 2. The van der Waals surface area contributed by atoms with Crippen molar-refractivity contribution in [2.24, 2.45) is 0 Å². The number of allylic oxidation sites excluding steroid dienone is 1. The van der Waals surface area contributed by atoms with Gasteiger partial charge in [0.15, 0.2) is 5.76 Å². The topological polar surface area (TPSA) is 86.5 Å². The van der Waals surface area contributed by atoms with Crippen LogP contribution in [0.5, 0.6) is 0 Å². The first-order chi connectivity index (χ1) is 15.7. The minimum atomic E-state index is -4.49. The number of nitro benzene ring substituents is 1. The summed E-state index contributed by atoms with van der Waals surface area (Å²) in [7, 11) is 0. The lowest BCUT2D eigenvalue weighted by atomic mass is 10.1. The van der Waals surface area contributed by atoms with E-state index in [9.17, 15) is 28.1 Å². The molecule has 0 radical (unpaired) electrons. The molecule has 2 heterocycles. The molecule has 0 amide bonds. The van der Waals surface area contributed by atoms with Gasteiger partial charge in [0.05, 0.1) is 10.5 Å². The van der Waals surface area contributed by atoms with Crippen LogP contribution in [-0.4, -0.2) is 10.7 Å². The molecule has 33 heavy (non-hydrogen) atoms. The Kier molecular flexibility index (Phi) is 5.70. The van der Waals surface area contributed by atoms with Crippen molar-refractivity contribution in [1.82, 2.24) is 0 Å². The van der Waals surface area contributed by atoms with Crippen molar-refractivity contribution in [3.8, 4) is 22.6 Å². The second kappa shape index (κ2) is 8.62. The van der Waals surface area contributed by atoms with E-state index in [1.54, 1.807) is 24.3 Å². The Labute approximate surface area is 184 Å². The molecule has 2 aromatic carbocycles. The summed E-state index contributed by atoms with van der Waals surface area (Å²) in [5, 5.41) is 10.7. The van der Waals surface area contributed by atoms with Gasteiger partial charge in [-0.3, -0.25) is 14.9 Å². The van der Waals surface area contributed by atoms with E-state index in [1.165, 1.54) is 48.6 Å². The number of alkyl halides is 3. The highest BCUT2D eigenvalue weighted by Crippen LogP contribution is 2.33. The minimum absolute atomic E-state index is 0.0409. The number of ketones is 1. The molecule has 4 aromatic rings. The Balaban J connectivity index is 1.47. The SMILES string of the molecule is O=C(C=Cc1ccc(-c2ccc([N+](=O)[O-])cc2)o1)c1ccc(-c2cccc(C(F)(F)F)c2)o1. The number of nitro groups is 1. The standard InChI is InChI=1S/C24H14F3NO5/c25-24(26,27)17-3-1-2-16(14-17)22-12-13-23(33-22)20(29)10-8-19-9-11-21(32-19)15-4-6-18(7-5-15)28(30)31/h1-14H. The molecule has 0 N–H and O–H groups in total. The Morgan fingerprint density at radius 3 is 2.27 bits per heavy atom. The van der Waals surface area contributed by atoms with Gasteiger partial charge >= 0.3 is 6.18 Å². The molecule has 2 aromatic heterocycles. The molecule has 0 bridgehead atoms. The average molecular weight is 453 g/mol. The molecular formula is C24H14F3NO5. The Morgan fingerprint density at radius 1 is 0.879 bits per heavy atom. The smallest absolute Gasteiger partial charge is 0.416 e. The summed E-state index contributed by atoms with van der Waals surface area (Å²) < 4.78 is 49.8. The van der Waals surface area contributed by atoms with Gasteiger partial charge in [-0.1, -0.05) is 12.1 Å². The van der Waals surface area contributed by atoms with Crippen molar-refractivity contribution in [3.63, 3.8) is 0 Å². The number of furan rings is 2. The fourth-order valence-corrected chi connectivity index (χ4v) is 3.06. The van der Waals surface area contributed by atoms with Crippen molar-refractivity contribution in [2.75, 3.05) is 0 Å². The van der Waals surface area contributed by atoms with Gasteiger partial charge < -0.3 is 8.83 Å². The molecule has 0 aliphatic carbocycles. The zero-order chi connectivity index (χ0) is 23.6. The summed E-state index contributed by atoms with van der Waals surface area (Å²) in [6.07, 6.45) is -1.85. The molecule has 0 fully saturated rings. The monoisotopic (exact) mass is 453 g/mol. The van der Waals surface area contributed by atoms with Crippen LogP contribution < -0.4 is 0 Å². The van der Waals surface area contributed by atoms with Crippen molar-refractivity contribution in [3.05, 3.63) is 106 Å². The van der Waals surface area contributed by atoms with E-state index in [1.807, 2.05) is 0 Å². The summed E-state index contributed by atoms with van der Waals surface area (Å²) in [6.45, 7) is 0. The minimum Gasteiger partial charge on any atom is -0.457 e. The normalized spacial score (nSPS) is 11.7. The predicted molar refractivity (Wildman–Crippen MR) is 113 cm³/mol. The van der Waals surface area contributed by atoms with E-state index in [0.29, 0.717) is 17.1 Å². The highest BCUT2D eigenvalue weighted by atomic mass is 19.4. The van der Waals surface area contributed by atoms with Crippen LogP contribution in [0.1, 0.15) is 21.9 Å². The van der Waals surface area contributed by atoms with E-state index in [0.717, 1.165) is 12.1 Å². The number of halogens is 3.